The van der Waals surface area contributed by atoms with E-state index >= 15 is 0 Å². The van der Waals surface area contributed by atoms with Crippen LogP contribution in [0.5, 0.6) is 0 Å². The Morgan fingerprint density at radius 2 is 1.94 bits per heavy atom. The second-order valence-electron chi connectivity index (χ2n) is 4.84. The molecule has 0 fully saturated rings. The fraction of sp³-hybridized carbons (Fsp3) is 0.600. The highest BCUT2D eigenvalue weighted by Gasteiger charge is 2.08. The van der Waals surface area contributed by atoms with Gasteiger partial charge in [0.1, 0.15) is 0 Å². The minimum atomic E-state index is 0.290. The van der Waals surface area contributed by atoms with Crippen molar-refractivity contribution in [2.75, 3.05) is 31.1 Å². The van der Waals surface area contributed by atoms with Crippen LogP contribution in [0.3, 0.4) is 0 Å². The van der Waals surface area contributed by atoms with Crippen LogP contribution in [0.1, 0.15) is 25.8 Å². The molecule has 0 heterocycles. The summed E-state index contributed by atoms with van der Waals surface area (Å²) in [6.07, 6.45) is 1.30. The fourth-order valence-corrected chi connectivity index (χ4v) is 1.95. The molecule has 3 heteroatoms. The summed E-state index contributed by atoms with van der Waals surface area (Å²) in [5.41, 5.74) is 8.21. The van der Waals surface area contributed by atoms with Gasteiger partial charge < -0.3 is 15.4 Å². The maximum absolute atomic E-state index is 5.64. The molecule has 1 aromatic carbocycles. The fourth-order valence-electron chi connectivity index (χ4n) is 1.95. The summed E-state index contributed by atoms with van der Waals surface area (Å²) in [5.74, 6) is 0. The first-order chi connectivity index (χ1) is 8.65. The molecule has 0 bridgehead atoms. The summed E-state index contributed by atoms with van der Waals surface area (Å²) in [7, 11) is 0. The van der Waals surface area contributed by atoms with Crippen molar-refractivity contribution in [3.05, 3.63) is 29.8 Å². The van der Waals surface area contributed by atoms with Crippen molar-refractivity contribution >= 4 is 5.69 Å². The van der Waals surface area contributed by atoms with E-state index in [2.05, 4.69) is 49.9 Å². The van der Waals surface area contributed by atoms with Crippen molar-refractivity contribution in [1.29, 1.82) is 0 Å². The van der Waals surface area contributed by atoms with Crippen LogP contribution in [-0.4, -0.2) is 32.3 Å². The molecule has 3 nitrogen and oxygen atoms in total. The topological polar surface area (TPSA) is 38.5 Å². The van der Waals surface area contributed by atoms with Crippen molar-refractivity contribution in [2.24, 2.45) is 5.73 Å². The Morgan fingerprint density at radius 1 is 1.22 bits per heavy atom. The van der Waals surface area contributed by atoms with E-state index in [-0.39, 0.29) is 0 Å². The first kappa shape index (κ1) is 15.0. The van der Waals surface area contributed by atoms with E-state index in [4.69, 9.17) is 10.5 Å². The summed E-state index contributed by atoms with van der Waals surface area (Å²) in [6, 6.07) is 8.47. The monoisotopic (exact) mass is 250 g/mol. The highest BCUT2D eigenvalue weighted by molar-refractivity contribution is 5.52. The van der Waals surface area contributed by atoms with Crippen molar-refractivity contribution in [2.45, 2.75) is 33.3 Å². The molecule has 0 atom stereocenters. The van der Waals surface area contributed by atoms with Gasteiger partial charge >= 0.3 is 0 Å². The van der Waals surface area contributed by atoms with Crippen LogP contribution in [0.25, 0.3) is 0 Å². The molecule has 0 unspecified atom stereocenters. The van der Waals surface area contributed by atoms with Gasteiger partial charge in [-0.2, -0.15) is 0 Å². The average molecular weight is 250 g/mol. The molecule has 18 heavy (non-hydrogen) atoms. The van der Waals surface area contributed by atoms with Gasteiger partial charge in [-0.15, -0.1) is 0 Å². The van der Waals surface area contributed by atoms with E-state index < -0.39 is 0 Å². The zero-order valence-electron chi connectivity index (χ0n) is 11.9. The van der Waals surface area contributed by atoms with Crippen molar-refractivity contribution in [1.82, 2.24) is 0 Å². The quantitative estimate of drug-likeness (QED) is 0.770. The number of hydrogen-bond acceptors (Lipinski definition) is 3. The molecule has 0 aliphatic heterocycles. The molecule has 2 N–H and O–H groups in total. The van der Waals surface area contributed by atoms with Gasteiger partial charge in [-0.3, -0.25) is 0 Å². The summed E-state index contributed by atoms with van der Waals surface area (Å²) in [5, 5.41) is 0. The zero-order chi connectivity index (χ0) is 13.4. The lowest BCUT2D eigenvalue weighted by atomic mass is 10.1. The number of nitrogens with two attached hydrogens (primary N) is 1. The highest BCUT2D eigenvalue weighted by Crippen LogP contribution is 2.19. The van der Waals surface area contributed by atoms with Crippen LogP contribution in [0.4, 0.5) is 5.69 Å². The molecule has 0 aliphatic rings. The van der Waals surface area contributed by atoms with Gasteiger partial charge in [-0.1, -0.05) is 18.2 Å². The Bertz CT molecular complexity index is 339. The molecule has 1 rings (SSSR count). The van der Waals surface area contributed by atoms with Gasteiger partial charge in [0, 0.05) is 18.8 Å². The normalized spacial score (nSPS) is 10.9. The molecule has 0 aliphatic carbocycles. The van der Waals surface area contributed by atoms with Crippen molar-refractivity contribution in [3.63, 3.8) is 0 Å². The number of benzene rings is 1. The van der Waals surface area contributed by atoms with Crippen LogP contribution in [0.15, 0.2) is 24.3 Å². The Balaban J connectivity index is 2.62. The van der Waals surface area contributed by atoms with E-state index in [9.17, 15) is 0 Å². The smallest absolute Gasteiger partial charge is 0.0645 e. The first-order valence-corrected chi connectivity index (χ1v) is 6.77. The molecular weight excluding hydrogens is 224 g/mol. The summed E-state index contributed by atoms with van der Waals surface area (Å²) in [4.78, 5) is 2.37. The standard InChI is InChI=1S/C15H26N2O/c1-13(2)18-12-11-17(10-6-9-16)15-8-5-4-7-14(15)3/h4-5,7-8,13H,6,9-12,16H2,1-3H3. The van der Waals surface area contributed by atoms with Gasteiger partial charge in [-0.05, 0) is 45.4 Å². The minimum Gasteiger partial charge on any atom is -0.377 e. The Morgan fingerprint density at radius 3 is 2.56 bits per heavy atom. The lowest BCUT2D eigenvalue weighted by molar-refractivity contribution is 0.0840. The average Bonchev–Trinajstić information content (AvgIpc) is 2.34. The second-order valence-corrected chi connectivity index (χ2v) is 4.84. The number of rotatable bonds is 8. The van der Waals surface area contributed by atoms with Crippen LogP contribution in [0, 0.1) is 6.92 Å². The summed E-state index contributed by atoms with van der Waals surface area (Å²) >= 11 is 0. The largest absolute Gasteiger partial charge is 0.377 e. The van der Waals surface area contributed by atoms with Gasteiger partial charge in [-0.25, -0.2) is 0 Å². The van der Waals surface area contributed by atoms with E-state index in [0.29, 0.717) is 6.10 Å². The number of para-hydroxylation sites is 1. The Labute approximate surface area is 111 Å². The van der Waals surface area contributed by atoms with E-state index in [1.165, 1.54) is 11.3 Å². The number of nitrogens with zero attached hydrogens (tertiary/aromatic N) is 1. The van der Waals surface area contributed by atoms with Gasteiger partial charge in [0.15, 0.2) is 0 Å². The highest BCUT2D eigenvalue weighted by atomic mass is 16.5. The number of anilines is 1. The molecule has 1 aromatic rings. The lowest BCUT2D eigenvalue weighted by Gasteiger charge is -2.26. The van der Waals surface area contributed by atoms with Crippen molar-refractivity contribution in [3.8, 4) is 0 Å². The third-order valence-corrected chi connectivity index (χ3v) is 2.90. The van der Waals surface area contributed by atoms with Crippen LogP contribution in [0.2, 0.25) is 0 Å². The maximum Gasteiger partial charge on any atom is 0.0645 e. The molecule has 0 radical (unpaired) electrons. The van der Waals surface area contributed by atoms with Crippen LogP contribution < -0.4 is 10.6 Å². The summed E-state index contributed by atoms with van der Waals surface area (Å²) in [6.45, 7) is 9.68. The lowest BCUT2D eigenvalue weighted by Crippen LogP contribution is -2.31. The number of ether oxygens (including phenoxy) is 1. The van der Waals surface area contributed by atoms with E-state index in [1.54, 1.807) is 0 Å². The van der Waals surface area contributed by atoms with E-state index in [0.717, 1.165) is 32.7 Å². The third kappa shape index (κ3) is 5.07. The Kier molecular flexibility index (Phi) is 6.76. The SMILES string of the molecule is Cc1ccccc1N(CCCN)CCOC(C)C. The van der Waals surface area contributed by atoms with E-state index in [1.807, 2.05) is 0 Å². The molecular formula is C15H26N2O. The predicted octanol–water partition coefficient (Wildman–Crippen LogP) is 2.58. The Hall–Kier alpha value is -1.06. The summed E-state index contributed by atoms with van der Waals surface area (Å²) < 4.78 is 5.64. The molecule has 102 valence electrons. The molecule has 0 saturated heterocycles. The second kappa shape index (κ2) is 8.11. The van der Waals surface area contributed by atoms with Crippen molar-refractivity contribution < 1.29 is 4.74 Å². The van der Waals surface area contributed by atoms with Crippen LogP contribution >= 0.6 is 0 Å². The maximum atomic E-state index is 5.64. The van der Waals surface area contributed by atoms with Gasteiger partial charge in [0.2, 0.25) is 0 Å². The van der Waals surface area contributed by atoms with Gasteiger partial charge in [0.05, 0.1) is 12.7 Å². The zero-order valence-corrected chi connectivity index (χ0v) is 11.9. The third-order valence-electron chi connectivity index (χ3n) is 2.90. The molecule has 0 saturated carbocycles. The first-order valence-electron chi connectivity index (χ1n) is 6.77. The molecule has 0 spiro atoms. The molecule has 0 aromatic heterocycles. The minimum absolute atomic E-state index is 0.290. The molecule has 0 amide bonds. The predicted molar refractivity (Wildman–Crippen MR) is 78.2 cm³/mol. The van der Waals surface area contributed by atoms with Gasteiger partial charge in [0.25, 0.3) is 0 Å². The number of hydrogen-bond donors (Lipinski definition) is 1. The number of aryl methyl sites for hydroxylation is 1. The van der Waals surface area contributed by atoms with Crippen LogP contribution in [-0.2, 0) is 4.74 Å².